The maximum absolute atomic E-state index is 12.4. The summed E-state index contributed by atoms with van der Waals surface area (Å²) in [6, 6.07) is 5.37. The van der Waals surface area contributed by atoms with Crippen molar-refractivity contribution in [1.82, 2.24) is 4.90 Å². The van der Waals surface area contributed by atoms with Crippen LogP contribution in [0.1, 0.15) is 17.5 Å². The number of alkyl halides is 2. The van der Waals surface area contributed by atoms with Gasteiger partial charge in [0.2, 0.25) is 0 Å². The van der Waals surface area contributed by atoms with E-state index >= 15 is 0 Å². The van der Waals surface area contributed by atoms with Gasteiger partial charge < -0.3 is 9.84 Å². The van der Waals surface area contributed by atoms with Crippen molar-refractivity contribution in [3.63, 3.8) is 0 Å². The van der Waals surface area contributed by atoms with Crippen LogP contribution in [0.4, 0.5) is 8.78 Å². The Hall–Kier alpha value is -1.64. The number of benzene rings is 1. The van der Waals surface area contributed by atoms with E-state index in [1.54, 1.807) is 32.4 Å². The van der Waals surface area contributed by atoms with Crippen LogP contribution in [-0.4, -0.2) is 43.7 Å². The first kappa shape index (κ1) is 16.4. The van der Waals surface area contributed by atoms with E-state index in [0.29, 0.717) is 18.7 Å². The van der Waals surface area contributed by atoms with Crippen molar-refractivity contribution in [3.8, 4) is 17.6 Å². The van der Waals surface area contributed by atoms with E-state index in [4.69, 9.17) is 9.84 Å². The molecule has 0 amide bonds. The van der Waals surface area contributed by atoms with E-state index in [1.807, 2.05) is 0 Å². The molecule has 0 fully saturated rings. The van der Waals surface area contributed by atoms with Crippen LogP contribution in [0, 0.1) is 11.8 Å². The van der Waals surface area contributed by atoms with Crippen LogP contribution >= 0.6 is 0 Å². The zero-order valence-corrected chi connectivity index (χ0v) is 11.7. The lowest BCUT2D eigenvalue weighted by Gasteiger charge is -2.17. The molecule has 0 aliphatic rings. The highest BCUT2D eigenvalue weighted by molar-refractivity contribution is 5.45. The van der Waals surface area contributed by atoms with Crippen molar-refractivity contribution >= 4 is 0 Å². The van der Waals surface area contributed by atoms with Gasteiger partial charge >= 0.3 is 0 Å². The summed E-state index contributed by atoms with van der Waals surface area (Å²) in [6.07, 6.45) is -1.98. The molecule has 1 N–H and O–H groups in total. The maximum Gasteiger partial charge on any atom is 0.251 e. The first-order valence-corrected chi connectivity index (χ1v) is 6.30. The van der Waals surface area contributed by atoms with Crippen molar-refractivity contribution < 1.29 is 18.6 Å². The summed E-state index contributed by atoms with van der Waals surface area (Å²) in [7, 11) is 3.19. The molecule has 0 unspecified atom stereocenters. The minimum Gasteiger partial charge on any atom is -0.497 e. The van der Waals surface area contributed by atoms with Gasteiger partial charge in [0, 0.05) is 18.5 Å². The predicted molar refractivity (Wildman–Crippen MR) is 73.9 cm³/mol. The van der Waals surface area contributed by atoms with Crippen molar-refractivity contribution in [3.05, 3.63) is 29.3 Å². The zero-order chi connectivity index (χ0) is 15.0. The zero-order valence-electron chi connectivity index (χ0n) is 11.7. The highest BCUT2D eigenvalue weighted by Crippen LogP contribution is 2.19. The molecule has 0 atom stereocenters. The predicted octanol–water partition coefficient (Wildman–Crippen LogP) is 2.13. The van der Waals surface area contributed by atoms with Gasteiger partial charge in [-0.25, -0.2) is 8.78 Å². The number of ether oxygens (including phenoxy) is 1. The molecule has 0 radical (unpaired) electrons. The van der Waals surface area contributed by atoms with E-state index in [9.17, 15) is 8.78 Å². The third kappa shape index (κ3) is 5.55. The van der Waals surface area contributed by atoms with Crippen LogP contribution < -0.4 is 4.74 Å². The molecule has 0 saturated heterocycles. The Kier molecular flexibility index (Phi) is 6.99. The molecule has 110 valence electrons. The fourth-order valence-electron chi connectivity index (χ4n) is 1.75. The lowest BCUT2D eigenvalue weighted by molar-refractivity contribution is 0.0975. The maximum atomic E-state index is 12.4. The summed E-state index contributed by atoms with van der Waals surface area (Å²) in [6.45, 7) is 0.0785. The largest absolute Gasteiger partial charge is 0.497 e. The quantitative estimate of drug-likeness (QED) is 0.812. The summed E-state index contributed by atoms with van der Waals surface area (Å²) < 4.78 is 29.9. The molecule has 1 rings (SSSR count). The molecule has 1 aromatic carbocycles. The lowest BCUT2D eigenvalue weighted by atomic mass is 10.1. The molecule has 1 aromatic rings. The number of rotatable bonds is 6. The van der Waals surface area contributed by atoms with Gasteiger partial charge in [0.25, 0.3) is 6.43 Å². The van der Waals surface area contributed by atoms with Gasteiger partial charge in [0.05, 0.1) is 20.3 Å². The van der Waals surface area contributed by atoms with Crippen LogP contribution in [0.3, 0.4) is 0 Å². The number of nitrogens with zero attached hydrogens (tertiary/aromatic N) is 1. The van der Waals surface area contributed by atoms with Gasteiger partial charge in [-0.15, -0.1) is 0 Å². The number of hydrogen-bond donors (Lipinski definition) is 1. The lowest BCUT2D eigenvalue weighted by Crippen LogP contribution is -2.24. The summed E-state index contributed by atoms with van der Waals surface area (Å²) >= 11 is 0. The Morgan fingerprint density at radius 3 is 2.75 bits per heavy atom. The third-order valence-corrected chi connectivity index (χ3v) is 2.66. The number of hydrogen-bond acceptors (Lipinski definition) is 3. The number of aliphatic hydroxyl groups excluding tert-OH is 1. The Morgan fingerprint density at radius 2 is 2.15 bits per heavy atom. The molecular weight excluding hydrogens is 264 g/mol. The smallest absolute Gasteiger partial charge is 0.251 e. The van der Waals surface area contributed by atoms with Gasteiger partial charge in [-0.05, 0) is 30.8 Å². The second-order valence-electron chi connectivity index (χ2n) is 4.39. The second-order valence-corrected chi connectivity index (χ2v) is 4.39. The topological polar surface area (TPSA) is 32.7 Å². The van der Waals surface area contributed by atoms with Gasteiger partial charge in [0.15, 0.2) is 0 Å². The van der Waals surface area contributed by atoms with Crippen LogP contribution in [0.15, 0.2) is 18.2 Å². The van der Waals surface area contributed by atoms with E-state index < -0.39 is 6.43 Å². The average molecular weight is 283 g/mol. The Bertz CT molecular complexity index is 480. The molecule has 0 bridgehead atoms. The van der Waals surface area contributed by atoms with E-state index in [2.05, 4.69) is 11.8 Å². The molecule has 0 aromatic heterocycles. The SMILES string of the molecule is COc1ccc(C#CCCO)c(CN(C)CC(F)F)c1. The summed E-state index contributed by atoms with van der Waals surface area (Å²) in [5, 5.41) is 8.73. The van der Waals surface area contributed by atoms with Crippen LogP contribution in [0.2, 0.25) is 0 Å². The highest BCUT2D eigenvalue weighted by atomic mass is 19.3. The van der Waals surface area contributed by atoms with Gasteiger partial charge in [0.1, 0.15) is 5.75 Å². The normalized spacial score (nSPS) is 10.6. The first-order chi connectivity index (χ1) is 9.56. The molecule has 0 aliphatic carbocycles. The molecule has 5 heteroatoms. The highest BCUT2D eigenvalue weighted by Gasteiger charge is 2.10. The fraction of sp³-hybridized carbons (Fsp3) is 0.467. The average Bonchev–Trinajstić information content (AvgIpc) is 2.39. The summed E-state index contributed by atoms with van der Waals surface area (Å²) in [4.78, 5) is 1.54. The monoisotopic (exact) mass is 283 g/mol. The molecule has 0 saturated carbocycles. The molecule has 3 nitrogen and oxygen atoms in total. The van der Waals surface area contributed by atoms with Crippen LogP contribution in [-0.2, 0) is 6.54 Å². The van der Waals surface area contributed by atoms with E-state index in [-0.39, 0.29) is 13.2 Å². The Balaban J connectivity index is 2.92. The van der Waals surface area contributed by atoms with Crippen molar-refractivity contribution in [1.29, 1.82) is 0 Å². The number of aliphatic hydroxyl groups is 1. The Labute approximate surface area is 118 Å². The second kappa shape index (κ2) is 8.51. The van der Waals surface area contributed by atoms with Gasteiger partial charge in [-0.2, -0.15) is 0 Å². The van der Waals surface area contributed by atoms with Crippen LogP contribution in [0.25, 0.3) is 0 Å². The first-order valence-electron chi connectivity index (χ1n) is 6.30. The number of methoxy groups -OCH3 is 1. The fourth-order valence-corrected chi connectivity index (χ4v) is 1.75. The summed E-state index contributed by atoms with van der Waals surface area (Å²) in [5.74, 6) is 6.45. The minimum absolute atomic E-state index is 0.00374. The van der Waals surface area contributed by atoms with Gasteiger partial charge in [-0.3, -0.25) is 4.90 Å². The van der Waals surface area contributed by atoms with Gasteiger partial charge in [-0.1, -0.05) is 11.8 Å². The Morgan fingerprint density at radius 1 is 1.40 bits per heavy atom. The molecule has 0 aliphatic heterocycles. The minimum atomic E-state index is -2.37. The number of halogens is 2. The standard InChI is InChI=1S/C15H19F2NO2/c1-18(11-15(16)17)10-13-9-14(20-2)7-6-12(13)5-3-4-8-19/h6-7,9,15,19H,4,8,10-11H2,1-2H3. The summed E-state index contributed by atoms with van der Waals surface area (Å²) in [5.41, 5.74) is 1.60. The van der Waals surface area contributed by atoms with Crippen LogP contribution in [0.5, 0.6) is 5.75 Å². The van der Waals surface area contributed by atoms with Crippen molar-refractivity contribution in [2.75, 3.05) is 27.3 Å². The molecule has 0 spiro atoms. The molecule has 20 heavy (non-hydrogen) atoms. The van der Waals surface area contributed by atoms with E-state index in [0.717, 1.165) is 11.1 Å². The van der Waals surface area contributed by atoms with Crippen molar-refractivity contribution in [2.45, 2.75) is 19.4 Å². The molecular formula is C15H19F2NO2. The third-order valence-electron chi connectivity index (χ3n) is 2.66. The molecule has 0 heterocycles. The van der Waals surface area contributed by atoms with E-state index in [1.165, 1.54) is 4.90 Å². The van der Waals surface area contributed by atoms with Crippen molar-refractivity contribution in [2.24, 2.45) is 0 Å².